The number of nitrogen functional groups attached to an aromatic ring is 1. The second-order valence-electron chi connectivity index (χ2n) is 4.92. The number of nitrogens with two attached hydrogens (primary N) is 1. The van der Waals surface area contributed by atoms with Crippen LogP contribution in [-0.4, -0.2) is 18.6 Å². The number of amides is 1. The normalized spacial score (nSPS) is 12.4. The van der Waals surface area contributed by atoms with Gasteiger partial charge in [0.05, 0.1) is 6.10 Å². The first-order valence-electron chi connectivity index (χ1n) is 6.24. The third-order valence-electron chi connectivity index (χ3n) is 2.47. The molecule has 100 valence electrons. The van der Waals surface area contributed by atoms with Crippen LogP contribution < -0.4 is 11.1 Å². The first-order chi connectivity index (χ1) is 8.47. The number of hydrogen-bond donors (Lipinski definition) is 2. The summed E-state index contributed by atoms with van der Waals surface area (Å²) in [6.07, 6.45) is 1.04. The Hall–Kier alpha value is -1.55. The van der Waals surface area contributed by atoms with Crippen molar-refractivity contribution in [3.05, 3.63) is 24.3 Å². The maximum absolute atomic E-state index is 11.6. The van der Waals surface area contributed by atoms with Crippen LogP contribution in [0.5, 0.6) is 0 Å². The molecule has 1 atom stereocenters. The van der Waals surface area contributed by atoms with Crippen molar-refractivity contribution in [2.75, 3.05) is 17.7 Å². The Morgan fingerprint density at radius 3 is 2.72 bits per heavy atom. The summed E-state index contributed by atoms with van der Waals surface area (Å²) >= 11 is 0. The summed E-state index contributed by atoms with van der Waals surface area (Å²) in [6.45, 7) is 6.32. The van der Waals surface area contributed by atoms with Gasteiger partial charge < -0.3 is 15.8 Å². The van der Waals surface area contributed by atoms with E-state index in [1.165, 1.54) is 0 Å². The smallest absolute Gasteiger partial charge is 0.250 e. The molecule has 0 aromatic heterocycles. The van der Waals surface area contributed by atoms with Crippen molar-refractivity contribution in [2.45, 2.75) is 33.3 Å². The van der Waals surface area contributed by atoms with E-state index in [4.69, 9.17) is 10.5 Å². The predicted molar refractivity (Wildman–Crippen MR) is 74.4 cm³/mol. The highest BCUT2D eigenvalue weighted by Gasteiger charge is 2.08. The molecule has 4 nitrogen and oxygen atoms in total. The quantitative estimate of drug-likeness (QED) is 0.763. The zero-order valence-electron chi connectivity index (χ0n) is 11.3. The number of nitrogens with one attached hydrogen (secondary N) is 1. The molecule has 0 aliphatic carbocycles. The van der Waals surface area contributed by atoms with Gasteiger partial charge in [0.2, 0.25) is 5.91 Å². The summed E-state index contributed by atoms with van der Waals surface area (Å²) in [6, 6.07) is 7.09. The average molecular weight is 250 g/mol. The van der Waals surface area contributed by atoms with Crippen molar-refractivity contribution in [3.8, 4) is 0 Å². The van der Waals surface area contributed by atoms with Crippen LogP contribution in [0.4, 0.5) is 11.4 Å². The van der Waals surface area contributed by atoms with Crippen LogP contribution in [0.3, 0.4) is 0 Å². The molecule has 1 unspecified atom stereocenters. The number of ether oxygens (including phenoxy) is 1. The maximum Gasteiger partial charge on any atom is 0.250 e. The van der Waals surface area contributed by atoms with E-state index in [-0.39, 0.29) is 18.6 Å². The number of carbonyl (C=O) groups is 1. The number of carbonyl (C=O) groups excluding carboxylic acids is 1. The number of benzene rings is 1. The maximum atomic E-state index is 11.6. The van der Waals surface area contributed by atoms with Gasteiger partial charge in [-0.1, -0.05) is 19.9 Å². The molecule has 1 amide bonds. The molecule has 18 heavy (non-hydrogen) atoms. The zero-order chi connectivity index (χ0) is 13.5. The van der Waals surface area contributed by atoms with Gasteiger partial charge in [0.25, 0.3) is 0 Å². The van der Waals surface area contributed by atoms with Gasteiger partial charge in [-0.2, -0.15) is 0 Å². The molecule has 0 heterocycles. The lowest BCUT2D eigenvalue weighted by molar-refractivity contribution is -0.122. The van der Waals surface area contributed by atoms with Crippen molar-refractivity contribution in [3.63, 3.8) is 0 Å². The lowest BCUT2D eigenvalue weighted by atomic mass is 10.1. The van der Waals surface area contributed by atoms with Gasteiger partial charge in [0, 0.05) is 11.4 Å². The van der Waals surface area contributed by atoms with Gasteiger partial charge in [-0.25, -0.2) is 0 Å². The Morgan fingerprint density at radius 2 is 2.11 bits per heavy atom. The molecule has 0 spiro atoms. The minimum Gasteiger partial charge on any atom is -0.399 e. The number of hydrogen-bond acceptors (Lipinski definition) is 3. The molecule has 0 aliphatic heterocycles. The van der Waals surface area contributed by atoms with E-state index < -0.39 is 0 Å². The fourth-order valence-electron chi connectivity index (χ4n) is 1.76. The summed E-state index contributed by atoms with van der Waals surface area (Å²) in [7, 11) is 0. The van der Waals surface area contributed by atoms with Gasteiger partial charge in [-0.15, -0.1) is 0 Å². The SMILES string of the molecule is CC(C)CC(C)OCC(=O)Nc1cccc(N)c1. The Balaban J connectivity index is 2.34. The summed E-state index contributed by atoms with van der Waals surface area (Å²) in [5.74, 6) is 0.410. The summed E-state index contributed by atoms with van der Waals surface area (Å²) in [5, 5.41) is 2.75. The molecule has 0 saturated heterocycles. The molecule has 4 heteroatoms. The molecule has 3 N–H and O–H groups in total. The van der Waals surface area contributed by atoms with Gasteiger partial charge in [-0.05, 0) is 37.5 Å². The predicted octanol–water partition coefficient (Wildman–Crippen LogP) is 2.66. The Morgan fingerprint density at radius 1 is 1.39 bits per heavy atom. The van der Waals surface area contributed by atoms with Crippen LogP contribution in [0, 0.1) is 5.92 Å². The van der Waals surface area contributed by atoms with Crippen LogP contribution in [0.1, 0.15) is 27.2 Å². The first kappa shape index (κ1) is 14.5. The minimum atomic E-state index is -0.156. The summed E-state index contributed by atoms with van der Waals surface area (Å²) in [4.78, 5) is 11.6. The van der Waals surface area contributed by atoms with Crippen molar-refractivity contribution < 1.29 is 9.53 Å². The topological polar surface area (TPSA) is 64.3 Å². The van der Waals surface area contributed by atoms with Crippen LogP contribution in [0.15, 0.2) is 24.3 Å². The number of anilines is 2. The average Bonchev–Trinajstić information content (AvgIpc) is 2.25. The summed E-state index contributed by atoms with van der Waals surface area (Å²) in [5.41, 5.74) is 6.95. The fourth-order valence-corrected chi connectivity index (χ4v) is 1.76. The number of rotatable bonds is 6. The van der Waals surface area contributed by atoms with Crippen LogP contribution in [0.25, 0.3) is 0 Å². The lowest BCUT2D eigenvalue weighted by Gasteiger charge is -2.15. The fraction of sp³-hybridized carbons (Fsp3) is 0.500. The Labute approximate surface area is 109 Å². The monoisotopic (exact) mass is 250 g/mol. The molecule has 0 aliphatic rings. The zero-order valence-corrected chi connectivity index (χ0v) is 11.3. The van der Waals surface area contributed by atoms with E-state index in [1.54, 1.807) is 24.3 Å². The van der Waals surface area contributed by atoms with Gasteiger partial charge in [0.15, 0.2) is 0 Å². The van der Waals surface area contributed by atoms with Crippen molar-refractivity contribution in [1.29, 1.82) is 0 Å². The van der Waals surface area contributed by atoms with E-state index in [0.717, 1.165) is 6.42 Å². The Bertz CT molecular complexity index is 391. The standard InChI is InChI=1S/C14H22N2O2/c1-10(2)7-11(3)18-9-14(17)16-13-6-4-5-12(15)8-13/h4-6,8,10-11H,7,9,15H2,1-3H3,(H,16,17). The highest BCUT2D eigenvalue weighted by atomic mass is 16.5. The van der Waals surface area contributed by atoms with Gasteiger partial charge in [0.1, 0.15) is 6.61 Å². The third kappa shape index (κ3) is 5.68. The summed E-state index contributed by atoms with van der Waals surface area (Å²) < 4.78 is 5.47. The molecule has 1 rings (SSSR count). The van der Waals surface area contributed by atoms with E-state index >= 15 is 0 Å². The molecular weight excluding hydrogens is 228 g/mol. The van der Waals surface area contributed by atoms with E-state index in [1.807, 2.05) is 6.92 Å². The van der Waals surface area contributed by atoms with Gasteiger partial charge in [-0.3, -0.25) is 4.79 Å². The molecule has 1 aromatic rings. The van der Waals surface area contributed by atoms with E-state index in [9.17, 15) is 4.79 Å². The second kappa shape index (κ2) is 7.01. The largest absolute Gasteiger partial charge is 0.399 e. The molecular formula is C14H22N2O2. The van der Waals surface area contributed by atoms with E-state index in [0.29, 0.717) is 17.3 Å². The van der Waals surface area contributed by atoms with Crippen LogP contribution >= 0.6 is 0 Å². The first-order valence-corrected chi connectivity index (χ1v) is 6.24. The highest BCUT2D eigenvalue weighted by molar-refractivity contribution is 5.92. The Kier molecular flexibility index (Phi) is 5.65. The molecule has 0 fully saturated rings. The van der Waals surface area contributed by atoms with Crippen LogP contribution in [-0.2, 0) is 9.53 Å². The van der Waals surface area contributed by atoms with Crippen molar-refractivity contribution in [1.82, 2.24) is 0 Å². The lowest BCUT2D eigenvalue weighted by Crippen LogP contribution is -2.22. The van der Waals surface area contributed by atoms with Crippen molar-refractivity contribution >= 4 is 17.3 Å². The minimum absolute atomic E-state index is 0.0721. The molecule has 1 aromatic carbocycles. The second-order valence-corrected chi connectivity index (χ2v) is 4.92. The van der Waals surface area contributed by atoms with Crippen LogP contribution in [0.2, 0.25) is 0 Å². The highest BCUT2D eigenvalue weighted by Crippen LogP contribution is 2.12. The van der Waals surface area contributed by atoms with Gasteiger partial charge >= 0.3 is 0 Å². The molecule has 0 bridgehead atoms. The third-order valence-corrected chi connectivity index (χ3v) is 2.47. The molecule has 0 radical (unpaired) electrons. The van der Waals surface area contributed by atoms with E-state index in [2.05, 4.69) is 19.2 Å². The molecule has 0 saturated carbocycles. The van der Waals surface area contributed by atoms with Crippen molar-refractivity contribution in [2.24, 2.45) is 5.92 Å².